The highest BCUT2D eigenvalue weighted by Crippen LogP contribution is 2.23. The number of amides is 1. The van der Waals surface area contributed by atoms with Gasteiger partial charge in [-0.1, -0.05) is 6.07 Å². The van der Waals surface area contributed by atoms with Gasteiger partial charge in [-0.25, -0.2) is 4.39 Å². The predicted octanol–water partition coefficient (Wildman–Crippen LogP) is 1.89. The second-order valence-corrected chi connectivity index (χ2v) is 5.33. The summed E-state index contributed by atoms with van der Waals surface area (Å²) in [7, 11) is 4.99. The Kier molecular flexibility index (Phi) is 4.60. The van der Waals surface area contributed by atoms with Crippen LogP contribution in [0.4, 0.5) is 4.39 Å². The lowest BCUT2D eigenvalue weighted by Crippen LogP contribution is -2.42. The van der Waals surface area contributed by atoms with Gasteiger partial charge in [0.2, 0.25) is 5.91 Å². The van der Waals surface area contributed by atoms with Crippen LogP contribution in [0.1, 0.15) is 18.4 Å². The standard InChI is InChI=1S/C15H21FN2O2/c1-17(2)15(19)13-5-4-8-18(13)10-11-6-7-14(20-3)12(16)9-11/h6-7,9,13H,4-5,8,10H2,1-3H3. The number of rotatable bonds is 4. The molecule has 1 heterocycles. The third-order valence-corrected chi connectivity index (χ3v) is 3.69. The first-order valence-electron chi connectivity index (χ1n) is 6.80. The van der Waals surface area contributed by atoms with Crippen LogP contribution in [0.3, 0.4) is 0 Å². The maximum absolute atomic E-state index is 13.7. The summed E-state index contributed by atoms with van der Waals surface area (Å²) in [5.41, 5.74) is 0.863. The summed E-state index contributed by atoms with van der Waals surface area (Å²) in [6, 6.07) is 4.87. The Morgan fingerprint density at radius 3 is 2.85 bits per heavy atom. The van der Waals surface area contributed by atoms with E-state index in [-0.39, 0.29) is 23.5 Å². The third-order valence-electron chi connectivity index (χ3n) is 3.69. The van der Waals surface area contributed by atoms with Crippen LogP contribution in [0.25, 0.3) is 0 Å². The average molecular weight is 280 g/mol. The van der Waals surface area contributed by atoms with Crippen molar-refractivity contribution in [1.82, 2.24) is 9.80 Å². The molecule has 1 amide bonds. The molecule has 4 nitrogen and oxygen atoms in total. The predicted molar refractivity (Wildman–Crippen MR) is 75.1 cm³/mol. The molecule has 0 bridgehead atoms. The molecule has 110 valence electrons. The lowest BCUT2D eigenvalue weighted by Gasteiger charge is -2.26. The average Bonchev–Trinajstić information content (AvgIpc) is 2.86. The molecule has 1 aliphatic rings. The fraction of sp³-hybridized carbons (Fsp3) is 0.533. The highest BCUT2D eigenvalue weighted by Gasteiger charge is 2.31. The van der Waals surface area contributed by atoms with Crippen molar-refractivity contribution in [2.45, 2.75) is 25.4 Å². The number of nitrogens with zero attached hydrogens (tertiary/aromatic N) is 2. The summed E-state index contributed by atoms with van der Waals surface area (Å²) < 4.78 is 18.6. The van der Waals surface area contributed by atoms with Crippen molar-refractivity contribution in [3.63, 3.8) is 0 Å². The van der Waals surface area contributed by atoms with Crippen LogP contribution in [-0.2, 0) is 11.3 Å². The van der Waals surface area contributed by atoms with Gasteiger partial charge >= 0.3 is 0 Å². The fourth-order valence-electron chi connectivity index (χ4n) is 2.64. The minimum Gasteiger partial charge on any atom is -0.494 e. The number of halogens is 1. The van der Waals surface area contributed by atoms with Crippen LogP contribution >= 0.6 is 0 Å². The molecule has 1 unspecified atom stereocenters. The monoisotopic (exact) mass is 280 g/mol. The zero-order valence-corrected chi connectivity index (χ0v) is 12.2. The Balaban J connectivity index is 2.09. The molecular formula is C15H21FN2O2. The van der Waals surface area contributed by atoms with Gasteiger partial charge in [-0.15, -0.1) is 0 Å². The van der Waals surface area contributed by atoms with Crippen LogP contribution in [0.15, 0.2) is 18.2 Å². The van der Waals surface area contributed by atoms with E-state index in [4.69, 9.17) is 4.74 Å². The van der Waals surface area contributed by atoms with Crippen molar-refractivity contribution >= 4 is 5.91 Å². The smallest absolute Gasteiger partial charge is 0.239 e. The summed E-state index contributed by atoms with van der Waals surface area (Å²) in [4.78, 5) is 15.8. The number of likely N-dealkylation sites (tertiary alicyclic amines) is 1. The largest absolute Gasteiger partial charge is 0.494 e. The van der Waals surface area contributed by atoms with Gasteiger partial charge in [0.05, 0.1) is 13.2 Å². The Morgan fingerprint density at radius 2 is 2.25 bits per heavy atom. The summed E-state index contributed by atoms with van der Waals surface area (Å²) in [6.45, 7) is 1.46. The van der Waals surface area contributed by atoms with Crippen LogP contribution in [0.2, 0.25) is 0 Å². The number of carbonyl (C=O) groups is 1. The summed E-state index contributed by atoms with van der Waals surface area (Å²) in [6.07, 6.45) is 1.87. The minimum atomic E-state index is -0.361. The van der Waals surface area contributed by atoms with Crippen molar-refractivity contribution in [2.75, 3.05) is 27.7 Å². The normalized spacial score (nSPS) is 19.1. The first-order chi connectivity index (χ1) is 9.52. The Hall–Kier alpha value is -1.62. The van der Waals surface area contributed by atoms with E-state index >= 15 is 0 Å². The third kappa shape index (κ3) is 3.10. The van der Waals surface area contributed by atoms with Crippen LogP contribution in [-0.4, -0.2) is 49.5 Å². The van der Waals surface area contributed by atoms with E-state index in [1.807, 2.05) is 6.07 Å². The molecule has 0 radical (unpaired) electrons. The van der Waals surface area contributed by atoms with E-state index in [2.05, 4.69) is 4.90 Å². The SMILES string of the molecule is COc1ccc(CN2CCCC2C(=O)N(C)C)cc1F. The van der Waals surface area contributed by atoms with Gasteiger partial charge in [-0.05, 0) is 37.1 Å². The molecule has 1 aliphatic heterocycles. The van der Waals surface area contributed by atoms with E-state index in [0.29, 0.717) is 6.54 Å². The molecular weight excluding hydrogens is 259 g/mol. The topological polar surface area (TPSA) is 32.8 Å². The molecule has 0 aliphatic carbocycles. The second kappa shape index (κ2) is 6.22. The number of hydrogen-bond donors (Lipinski definition) is 0. The van der Waals surface area contributed by atoms with Gasteiger partial charge in [-0.2, -0.15) is 0 Å². The van der Waals surface area contributed by atoms with Crippen molar-refractivity contribution < 1.29 is 13.9 Å². The van der Waals surface area contributed by atoms with E-state index in [9.17, 15) is 9.18 Å². The Labute approximate surface area is 119 Å². The number of hydrogen-bond acceptors (Lipinski definition) is 3. The molecule has 1 aromatic carbocycles. The molecule has 5 heteroatoms. The molecule has 20 heavy (non-hydrogen) atoms. The zero-order chi connectivity index (χ0) is 14.7. The van der Waals surface area contributed by atoms with E-state index in [1.54, 1.807) is 25.1 Å². The molecule has 0 N–H and O–H groups in total. The summed E-state index contributed by atoms with van der Waals surface area (Å²) in [5.74, 6) is 0.00672. The lowest BCUT2D eigenvalue weighted by atomic mass is 10.1. The molecule has 0 spiro atoms. The van der Waals surface area contributed by atoms with Crippen molar-refractivity contribution in [3.05, 3.63) is 29.6 Å². The van der Waals surface area contributed by atoms with Gasteiger partial charge in [0.15, 0.2) is 11.6 Å². The molecule has 1 aromatic rings. The van der Waals surface area contributed by atoms with E-state index in [1.165, 1.54) is 13.2 Å². The van der Waals surface area contributed by atoms with Crippen molar-refractivity contribution in [3.8, 4) is 5.75 Å². The van der Waals surface area contributed by atoms with Gasteiger partial charge in [0.25, 0.3) is 0 Å². The van der Waals surface area contributed by atoms with Crippen LogP contribution in [0, 0.1) is 5.82 Å². The zero-order valence-electron chi connectivity index (χ0n) is 12.2. The minimum absolute atomic E-state index is 0.0878. The molecule has 1 fully saturated rings. The van der Waals surface area contributed by atoms with Crippen molar-refractivity contribution in [2.24, 2.45) is 0 Å². The maximum atomic E-state index is 13.7. The summed E-state index contributed by atoms with van der Waals surface area (Å²) in [5, 5.41) is 0. The maximum Gasteiger partial charge on any atom is 0.239 e. The molecule has 1 saturated heterocycles. The molecule has 2 rings (SSSR count). The first kappa shape index (κ1) is 14.8. The van der Waals surface area contributed by atoms with Gasteiger partial charge in [0, 0.05) is 20.6 Å². The molecule has 1 atom stereocenters. The quantitative estimate of drug-likeness (QED) is 0.844. The summed E-state index contributed by atoms with van der Waals surface area (Å²) >= 11 is 0. The number of methoxy groups -OCH3 is 1. The van der Waals surface area contributed by atoms with E-state index < -0.39 is 0 Å². The van der Waals surface area contributed by atoms with Gasteiger partial charge < -0.3 is 9.64 Å². The fourth-order valence-corrected chi connectivity index (χ4v) is 2.64. The van der Waals surface area contributed by atoms with Crippen LogP contribution < -0.4 is 4.74 Å². The highest BCUT2D eigenvalue weighted by atomic mass is 19.1. The number of benzene rings is 1. The first-order valence-corrected chi connectivity index (χ1v) is 6.80. The Morgan fingerprint density at radius 1 is 1.50 bits per heavy atom. The Bertz CT molecular complexity index is 491. The lowest BCUT2D eigenvalue weighted by molar-refractivity contribution is -0.133. The van der Waals surface area contributed by atoms with Gasteiger partial charge in [-0.3, -0.25) is 9.69 Å². The van der Waals surface area contributed by atoms with Crippen molar-refractivity contribution in [1.29, 1.82) is 0 Å². The highest BCUT2D eigenvalue weighted by molar-refractivity contribution is 5.81. The van der Waals surface area contributed by atoms with E-state index in [0.717, 1.165) is 24.9 Å². The molecule has 0 saturated carbocycles. The van der Waals surface area contributed by atoms with Gasteiger partial charge in [0.1, 0.15) is 0 Å². The second-order valence-electron chi connectivity index (χ2n) is 5.33. The molecule has 0 aromatic heterocycles. The number of carbonyl (C=O) groups excluding carboxylic acids is 1. The van der Waals surface area contributed by atoms with Crippen LogP contribution in [0.5, 0.6) is 5.75 Å². The number of ether oxygens (including phenoxy) is 1. The number of likely N-dealkylation sites (N-methyl/N-ethyl adjacent to an activating group) is 1.